The van der Waals surface area contributed by atoms with Gasteiger partial charge < -0.3 is 9.47 Å². The Kier molecular flexibility index (Phi) is 9.85. The first-order valence-electron chi connectivity index (χ1n) is 7.83. The lowest BCUT2D eigenvalue weighted by Crippen LogP contribution is -2.31. The number of carbonyl (C=O) groups excluding carboxylic acids is 2. The first-order valence-corrected chi connectivity index (χ1v) is 7.83. The van der Waals surface area contributed by atoms with Crippen LogP contribution in [0.25, 0.3) is 0 Å². The highest BCUT2D eigenvalue weighted by molar-refractivity contribution is 5.59. The van der Waals surface area contributed by atoms with Crippen molar-refractivity contribution in [2.24, 2.45) is 0 Å². The molecule has 0 radical (unpaired) electrons. The Balaban J connectivity index is 4.86. The molecule has 8 heteroatoms. The Bertz CT molecular complexity index is 426. The Morgan fingerprint density at radius 1 is 0.750 bits per heavy atom. The topological polar surface area (TPSA) is 89.5 Å². The van der Waals surface area contributed by atoms with Crippen LogP contribution in [0.2, 0.25) is 0 Å². The zero-order valence-electron chi connectivity index (χ0n) is 15.1. The average molecular weight is 346 g/mol. The van der Waals surface area contributed by atoms with Gasteiger partial charge >= 0.3 is 12.3 Å². The fraction of sp³-hybridized carbons (Fsp3) is 0.750. The lowest BCUT2D eigenvalue weighted by Gasteiger charge is -2.22. The molecule has 0 aliphatic rings. The zero-order valence-corrected chi connectivity index (χ0v) is 15.1. The van der Waals surface area contributed by atoms with Gasteiger partial charge in [0.15, 0.2) is 11.2 Å². The van der Waals surface area contributed by atoms with E-state index < -0.39 is 23.5 Å². The van der Waals surface area contributed by atoms with Crippen LogP contribution in [-0.4, -0.2) is 36.7 Å². The molecule has 8 nitrogen and oxygen atoms in total. The van der Waals surface area contributed by atoms with Crippen LogP contribution >= 0.6 is 0 Å². The normalized spacial score (nSPS) is 15.1. The minimum Gasteiger partial charge on any atom is -0.433 e. The molecule has 0 saturated carbocycles. The molecule has 0 aromatic heterocycles. The highest BCUT2D eigenvalue weighted by atomic mass is 17.2. The Morgan fingerprint density at radius 3 is 1.33 bits per heavy atom. The molecule has 0 rings (SSSR count). The van der Waals surface area contributed by atoms with Crippen LogP contribution < -0.4 is 0 Å². The second kappa shape index (κ2) is 10.7. The van der Waals surface area contributed by atoms with Gasteiger partial charge in [-0.1, -0.05) is 25.7 Å². The van der Waals surface area contributed by atoms with E-state index in [0.29, 0.717) is 12.8 Å². The third-order valence-electron chi connectivity index (χ3n) is 3.05. The van der Waals surface area contributed by atoms with E-state index in [1.807, 2.05) is 13.8 Å². The molecule has 0 aliphatic carbocycles. The maximum Gasteiger partial charge on any atom is 0.540 e. The highest BCUT2D eigenvalue weighted by Gasteiger charge is 2.28. The van der Waals surface area contributed by atoms with Gasteiger partial charge in [-0.2, -0.15) is 9.78 Å². The van der Waals surface area contributed by atoms with Gasteiger partial charge in [0.1, 0.15) is 0 Å². The van der Waals surface area contributed by atoms with Gasteiger partial charge in [-0.25, -0.2) is 9.59 Å². The molecular weight excluding hydrogens is 320 g/mol. The van der Waals surface area contributed by atoms with E-state index in [2.05, 4.69) is 31.1 Å². The summed E-state index contributed by atoms with van der Waals surface area (Å²) in [5.41, 5.74) is -2.15. The molecule has 0 aliphatic heterocycles. The van der Waals surface area contributed by atoms with Crippen LogP contribution in [0.3, 0.4) is 0 Å². The van der Waals surface area contributed by atoms with E-state index in [0.717, 1.165) is 0 Å². The summed E-state index contributed by atoms with van der Waals surface area (Å²) in [6.45, 7) is 10.5. The van der Waals surface area contributed by atoms with Crippen molar-refractivity contribution in [1.29, 1.82) is 0 Å². The van der Waals surface area contributed by atoms with Crippen molar-refractivity contribution in [3.05, 3.63) is 0 Å². The Hall–Kier alpha value is -1.98. The standard InChI is InChI=1S/C16H26O8/c1-7-15(5,23-21-13(17)19-9-3)11-12-16(6,8-2)24-22-14(18)20-10-4/h7-10H2,1-6H3. The van der Waals surface area contributed by atoms with Gasteiger partial charge in [-0.05, 0) is 40.5 Å². The largest absolute Gasteiger partial charge is 0.540 e. The summed E-state index contributed by atoms with van der Waals surface area (Å²) < 4.78 is 9.21. The van der Waals surface area contributed by atoms with Gasteiger partial charge in [0.05, 0.1) is 13.2 Å². The van der Waals surface area contributed by atoms with Crippen molar-refractivity contribution in [3.8, 4) is 11.8 Å². The summed E-state index contributed by atoms with van der Waals surface area (Å²) in [5, 5.41) is 0. The lowest BCUT2D eigenvalue weighted by atomic mass is 9.99. The third kappa shape index (κ3) is 8.60. The quantitative estimate of drug-likeness (QED) is 0.285. The molecule has 0 aromatic carbocycles. The maximum atomic E-state index is 11.2. The number of ether oxygens (including phenoxy) is 2. The minimum absolute atomic E-state index is 0.170. The van der Waals surface area contributed by atoms with E-state index in [4.69, 9.17) is 9.78 Å². The molecule has 0 fully saturated rings. The van der Waals surface area contributed by atoms with Crippen molar-refractivity contribution in [2.45, 2.75) is 65.6 Å². The van der Waals surface area contributed by atoms with E-state index in [1.54, 1.807) is 27.7 Å². The van der Waals surface area contributed by atoms with Crippen molar-refractivity contribution >= 4 is 12.3 Å². The molecule has 0 amide bonds. The minimum atomic E-state index is -1.07. The number of rotatable bonds is 8. The van der Waals surface area contributed by atoms with E-state index in [1.165, 1.54) is 0 Å². The molecule has 2 atom stereocenters. The molecule has 0 bridgehead atoms. The molecule has 0 N–H and O–H groups in total. The monoisotopic (exact) mass is 346 g/mol. The van der Waals surface area contributed by atoms with Gasteiger partial charge in [0.2, 0.25) is 0 Å². The molecule has 24 heavy (non-hydrogen) atoms. The molecular formula is C16H26O8. The second-order valence-corrected chi connectivity index (χ2v) is 5.12. The Labute approximate surface area is 142 Å². The lowest BCUT2D eigenvalue weighted by molar-refractivity contribution is -0.308. The van der Waals surface area contributed by atoms with Crippen molar-refractivity contribution < 1.29 is 38.6 Å². The summed E-state index contributed by atoms with van der Waals surface area (Å²) in [5.74, 6) is 5.66. The smallest absolute Gasteiger partial charge is 0.433 e. The fourth-order valence-electron chi connectivity index (χ4n) is 1.14. The van der Waals surface area contributed by atoms with Crippen LogP contribution in [0.5, 0.6) is 0 Å². The Morgan fingerprint density at radius 2 is 1.08 bits per heavy atom. The van der Waals surface area contributed by atoms with Crippen molar-refractivity contribution in [3.63, 3.8) is 0 Å². The molecule has 0 heterocycles. The third-order valence-corrected chi connectivity index (χ3v) is 3.05. The van der Waals surface area contributed by atoms with E-state index >= 15 is 0 Å². The van der Waals surface area contributed by atoms with Gasteiger partial charge in [-0.15, -0.1) is 0 Å². The predicted molar refractivity (Wildman–Crippen MR) is 83.6 cm³/mol. The SMILES string of the molecule is CCOC(=O)OOC(C)(C#CC(C)(CC)OOC(=O)OCC)CC. The van der Waals surface area contributed by atoms with Gasteiger partial charge in [0.25, 0.3) is 0 Å². The highest BCUT2D eigenvalue weighted by Crippen LogP contribution is 2.19. The van der Waals surface area contributed by atoms with E-state index in [-0.39, 0.29) is 13.2 Å². The van der Waals surface area contributed by atoms with Crippen molar-refractivity contribution in [2.75, 3.05) is 13.2 Å². The zero-order chi connectivity index (χ0) is 18.6. The first kappa shape index (κ1) is 22.0. The van der Waals surface area contributed by atoms with Crippen molar-refractivity contribution in [1.82, 2.24) is 0 Å². The van der Waals surface area contributed by atoms with Crippen LogP contribution in [0.1, 0.15) is 54.4 Å². The molecule has 0 saturated heterocycles. The van der Waals surface area contributed by atoms with E-state index in [9.17, 15) is 9.59 Å². The predicted octanol–water partition coefficient (Wildman–Crippen LogP) is 3.54. The number of hydrogen-bond acceptors (Lipinski definition) is 8. The van der Waals surface area contributed by atoms with Gasteiger partial charge in [0, 0.05) is 0 Å². The number of carbonyl (C=O) groups is 2. The fourth-order valence-corrected chi connectivity index (χ4v) is 1.14. The summed E-state index contributed by atoms with van der Waals surface area (Å²) in [7, 11) is 0. The second-order valence-electron chi connectivity index (χ2n) is 5.12. The molecule has 2 unspecified atom stereocenters. The molecule has 0 spiro atoms. The molecule has 0 aromatic rings. The molecule has 138 valence electrons. The average Bonchev–Trinajstić information content (AvgIpc) is 2.57. The maximum absolute atomic E-state index is 11.2. The number of hydrogen-bond donors (Lipinski definition) is 0. The summed E-state index contributed by atoms with van der Waals surface area (Å²) >= 11 is 0. The van der Waals surface area contributed by atoms with Crippen LogP contribution in [0.4, 0.5) is 9.59 Å². The summed E-state index contributed by atoms with van der Waals surface area (Å²) in [4.78, 5) is 41.6. The summed E-state index contributed by atoms with van der Waals surface area (Å²) in [6, 6.07) is 0. The summed E-state index contributed by atoms with van der Waals surface area (Å²) in [6.07, 6.45) is -1.03. The van der Waals surface area contributed by atoms with Gasteiger partial charge in [-0.3, -0.25) is 9.78 Å². The van der Waals surface area contributed by atoms with Crippen LogP contribution in [-0.2, 0) is 29.0 Å². The van der Waals surface area contributed by atoms with Crippen LogP contribution in [0.15, 0.2) is 0 Å². The first-order chi connectivity index (χ1) is 11.2. The van der Waals surface area contributed by atoms with Crippen LogP contribution in [0, 0.1) is 11.8 Å².